The van der Waals surface area contributed by atoms with E-state index in [4.69, 9.17) is 10.5 Å². The Hall–Kier alpha value is -1.53. The van der Waals surface area contributed by atoms with Crippen LogP contribution in [0.2, 0.25) is 0 Å². The van der Waals surface area contributed by atoms with Crippen LogP contribution >= 0.6 is 11.8 Å². The summed E-state index contributed by atoms with van der Waals surface area (Å²) in [6.07, 6.45) is 0. The van der Waals surface area contributed by atoms with Crippen molar-refractivity contribution in [2.45, 2.75) is 12.6 Å². The number of nitrogens with two attached hydrogens (primary N) is 1. The van der Waals surface area contributed by atoms with Gasteiger partial charge in [0.25, 0.3) is 0 Å². The van der Waals surface area contributed by atoms with Gasteiger partial charge in [0.1, 0.15) is 12.6 Å². The van der Waals surface area contributed by atoms with E-state index in [0.29, 0.717) is 0 Å². The Bertz CT molecular complexity index is 396. The van der Waals surface area contributed by atoms with Crippen LogP contribution in [0.5, 0.6) is 0 Å². The second kappa shape index (κ2) is 7.73. The number of ether oxygens (including phenoxy) is 2. The van der Waals surface area contributed by atoms with Crippen LogP contribution < -0.4 is 5.73 Å². The van der Waals surface area contributed by atoms with Crippen molar-refractivity contribution in [3.8, 4) is 0 Å². The van der Waals surface area contributed by atoms with E-state index in [1.54, 1.807) is 0 Å². The number of carbonyl (C=O) groups excluding carboxylic acids is 2. The molecule has 0 aliphatic heterocycles. The molecule has 2 N–H and O–H groups in total. The maximum absolute atomic E-state index is 11.4. The molecule has 98 valence electrons. The molecule has 1 atom stereocenters. The molecule has 6 heteroatoms. The van der Waals surface area contributed by atoms with E-state index in [-0.39, 0.29) is 12.4 Å². The van der Waals surface area contributed by atoms with Crippen molar-refractivity contribution < 1.29 is 19.1 Å². The Kier molecular flexibility index (Phi) is 6.24. The van der Waals surface area contributed by atoms with Gasteiger partial charge in [-0.05, 0) is 17.3 Å². The SMILES string of the molecule is COC(=O)C(N)CSC(=O)OCc1ccccc1. The molecule has 0 fully saturated rings. The summed E-state index contributed by atoms with van der Waals surface area (Å²) in [6, 6.07) is 8.52. The third-order valence-electron chi connectivity index (χ3n) is 2.08. The summed E-state index contributed by atoms with van der Waals surface area (Å²) in [6.45, 7) is 0.208. The molecule has 1 unspecified atom stereocenters. The summed E-state index contributed by atoms with van der Waals surface area (Å²) in [4.78, 5) is 22.4. The molecule has 0 aliphatic carbocycles. The monoisotopic (exact) mass is 269 g/mol. The summed E-state index contributed by atoms with van der Waals surface area (Å²) in [7, 11) is 1.25. The Morgan fingerprint density at radius 1 is 1.33 bits per heavy atom. The molecular formula is C12H15NO4S. The highest BCUT2D eigenvalue weighted by Gasteiger charge is 2.16. The van der Waals surface area contributed by atoms with Crippen molar-refractivity contribution in [2.75, 3.05) is 12.9 Å². The molecule has 1 rings (SSSR count). The lowest BCUT2D eigenvalue weighted by atomic mass is 10.2. The zero-order valence-electron chi connectivity index (χ0n) is 10.00. The van der Waals surface area contributed by atoms with Crippen LogP contribution in [0.15, 0.2) is 30.3 Å². The minimum Gasteiger partial charge on any atom is -0.468 e. The maximum atomic E-state index is 11.4. The van der Waals surface area contributed by atoms with E-state index in [2.05, 4.69) is 4.74 Å². The Balaban J connectivity index is 2.24. The number of hydrogen-bond donors (Lipinski definition) is 1. The van der Waals surface area contributed by atoms with E-state index in [1.807, 2.05) is 30.3 Å². The summed E-state index contributed by atoms with van der Waals surface area (Å²) in [5.41, 5.74) is 6.39. The van der Waals surface area contributed by atoms with E-state index >= 15 is 0 Å². The molecular weight excluding hydrogens is 254 g/mol. The molecule has 0 saturated carbocycles. The summed E-state index contributed by atoms with van der Waals surface area (Å²) >= 11 is 0.861. The minimum atomic E-state index is -0.815. The van der Waals surface area contributed by atoms with Gasteiger partial charge in [-0.2, -0.15) is 0 Å². The third kappa shape index (κ3) is 5.20. The summed E-state index contributed by atoms with van der Waals surface area (Å²) in [5.74, 6) is -0.404. The van der Waals surface area contributed by atoms with Gasteiger partial charge in [0, 0.05) is 5.75 Å². The lowest BCUT2D eigenvalue weighted by Gasteiger charge is -2.08. The molecule has 1 aromatic rings. The van der Waals surface area contributed by atoms with E-state index in [9.17, 15) is 9.59 Å². The summed E-state index contributed by atoms with van der Waals surface area (Å²) in [5, 5.41) is -0.460. The molecule has 0 spiro atoms. The lowest BCUT2D eigenvalue weighted by molar-refractivity contribution is -0.141. The van der Waals surface area contributed by atoms with Crippen molar-refractivity contribution in [3.05, 3.63) is 35.9 Å². The second-order valence-electron chi connectivity index (χ2n) is 3.46. The van der Waals surface area contributed by atoms with Crippen molar-refractivity contribution in [1.82, 2.24) is 0 Å². The van der Waals surface area contributed by atoms with E-state index < -0.39 is 17.3 Å². The van der Waals surface area contributed by atoms with Crippen LogP contribution in [0.3, 0.4) is 0 Å². The zero-order chi connectivity index (χ0) is 13.4. The van der Waals surface area contributed by atoms with Gasteiger partial charge < -0.3 is 15.2 Å². The fourth-order valence-electron chi connectivity index (χ4n) is 1.14. The highest BCUT2D eigenvalue weighted by molar-refractivity contribution is 8.13. The average Bonchev–Trinajstić information content (AvgIpc) is 2.42. The van der Waals surface area contributed by atoms with Crippen LogP contribution in [-0.4, -0.2) is 30.2 Å². The highest BCUT2D eigenvalue weighted by Crippen LogP contribution is 2.10. The number of methoxy groups -OCH3 is 1. The summed E-state index contributed by atoms with van der Waals surface area (Å²) < 4.78 is 9.45. The molecule has 0 amide bonds. The average molecular weight is 269 g/mol. The van der Waals surface area contributed by atoms with Crippen LogP contribution in [0.4, 0.5) is 4.79 Å². The van der Waals surface area contributed by atoms with Crippen LogP contribution in [-0.2, 0) is 20.9 Å². The first-order chi connectivity index (χ1) is 8.63. The predicted molar refractivity (Wildman–Crippen MR) is 69.1 cm³/mol. The molecule has 0 saturated heterocycles. The van der Waals surface area contributed by atoms with Gasteiger partial charge in [0.05, 0.1) is 7.11 Å². The molecule has 1 aromatic carbocycles. The standard InChI is InChI=1S/C12H15NO4S/c1-16-11(14)10(13)8-18-12(15)17-7-9-5-3-2-4-6-9/h2-6,10H,7-8,13H2,1H3. The maximum Gasteiger partial charge on any atom is 0.367 e. The molecule has 0 bridgehead atoms. The smallest absolute Gasteiger partial charge is 0.367 e. The van der Waals surface area contributed by atoms with Gasteiger partial charge in [0.15, 0.2) is 0 Å². The normalized spacial score (nSPS) is 11.7. The molecule has 0 aliphatic rings. The van der Waals surface area contributed by atoms with Crippen LogP contribution in [0, 0.1) is 0 Å². The van der Waals surface area contributed by atoms with Gasteiger partial charge in [-0.1, -0.05) is 30.3 Å². The fourth-order valence-corrected chi connectivity index (χ4v) is 1.73. The fraction of sp³-hybridized carbons (Fsp3) is 0.333. The minimum absolute atomic E-state index is 0.139. The number of carbonyl (C=O) groups is 2. The molecule has 0 aromatic heterocycles. The van der Waals surface area contributed by atoms with Crippen LogP contribution in [0.1, 0.15) is 5.56 Å². The van der Waals surface area contributed by atoms with Gasteiger partial charge in [0.2, 0.25) is 0 Å². The van der Waals surface area contributed by atoms with E-state index in [1.165, 1.54) is 7.11 Å². The van der Waals surface area contributed by atoms with Crippen molar-refractivity contribution >= 4 is 23.0 Å². The topological polar surface area (TPSA) is 78.6 Å². The van der Waals surface area contributed by atoms with Crippen molar-refractivity contribution in [3.63, 3.8) is 0 Å². The van der Waals surface area contributed by atoms with E-state index in [0.717, 1.165) is 17.3 Å². The predicted octanol–water partition coefficient (Wildman–Crippen LogP) is 1.56. The number of esters is 1. The van der Waals surface area contributed by atoms with Crippen LogP contribution in [0.25, 0.3) is 0 Å². The quantitative estimate of drug-likeness (QED) is 0.817. The third-order valence-corrected chi connectivity index (χ3v) is 2.96. The van der Waals surface area contributed by atoms with Gasteiger partial charge in [-0.25, -0.2) is 4.79 Å². The van der Waals surface area contributed by atoms with Gasteiger partial charge in [-0.15, -0.1) is 0 Å². The number of benzene rings is 1. The Morgan fingerprint density at radius 3 is 2.61 bits per heavy atom. The first-order valence-electron chi connectivity index (χ1n) is 5.30. The second-order valence-corrected chi connectivity index (χ2v) is 4.42. The first-order valence-corrected chi connectivity index (χ1v) is 6.29. The lowest BCUT2D eigenvalue weighted by Crippen LogP contribution is -2.34. The molecule has 18 heavy (non-hydrogen) atoms. The van der Waals surface area contributed by atoms with Gasteiger partial charge >= 0.3 is 11.3 Å². The molecule has 0 radical (unpaired) electrons. The largest absolute Gasteiger partial charge is 0.468 e. The highest BCUT2D eigenvalue weighted by atomic mass is 32.2. The zero-order valence-corrected chi connectivity index (χ0v) is 10.8. The number of rotatable bonds is 5. The van der Waals surface area contributed by atoms with Gasteiger partial charge in [-0.3, -0.25) is 4.79 Å². The van der Waals surface area contributed by atoms with Crippen molar-refractivity contribution in [1.29, 1.82) is 0 Å². The first kappa shape index (κ1) is 14.5. The molecule has 5 nitrogen and oxygen atoms in total. The molecule has 0 heterocycles. The number of hydrogen-bond acceptors (Lipinski definition) is 6. The number of thioether (sulfide) groups is 1. The Labute approximate surface area is 110 Å². The van der Waals surface area contributed by atoms with Crippen molar-refractivity contribution in [2.24, 2.45) is 5.73 Å². The Morgan fingerprint density at radius 2 is 2.00 bits per heavy atom.